The summed E-state index contributed by atoms with van der Waals surface area (Å²) < 4.78 is 11.2. The highest BCUT2D eigenvalue weighted by atomic mass is 16.5. The first-order chi connectivity index (χ1) is 16.9. The number of rotatable bonds is 11. The first-order valence-electron chi connectivity index (χ1n) is 12.4. The van der Waals surface area contributed by atoms with Crippen molar-refractivity contribution in [3.8, 4) is 11.5 Å². The van der Waals surface area contributed by atoms with Crippen LogP contribution >= 0.6 is 0 Å². The molecule has 1 saturated heterocycles. The van der Waals surface area contributed by atoms with Crippen LogP contribution in [0.4, 0.5) is 0 Å². The number of amides is 2. The maximum Gasteiger partial charge on any atom is 0.253 e. The number of ketones is 1. The van der Waals surface area contributed by atoms with Crippen molar-refractivity contribution >= 4 is 17.6 Å². The van der Waals surface area contributed by atoms with Gasteiger partial charge >= 0.3 is 0 Å². The zero-order valence-electron chi connectivity index (χ0n) is 21.0. The number of likely N-dealkylation sites (tertiary alicyclic amines) is 1. The van der Waals surface area contributed by atoms with E-state index in [0.717, 1.165) is 25.8 Å². The lowest BCUT2D eigenvalue weighted by molar-refractivity contribution is -0.134. The van der Waals surface area contributed by atoms with Gasteiger partial charge in [-0.25, -0.2) is 0 Å². The van der Waals surface area contributed by atoms with Gasteiger partial charge in [-0.3, -0.25) is 14.4 Å². The van der Waals surface area contributed by atoms with Crippen LogP contribution in [0, 0.1) is 0 Å². The molecular weight excluding hydrogens is 444 g/mol. The van der Waals surface area contributed by atoms with Gasteiger partial charge in [-0.2, -0.15) is 0 Å². The maximum atomic E-state index is 13.1. The van der Waals surface area contributed by atoms with E-state index in [0.29, 0.717) is 55.2 Å². The molecule has 0 spiro atoms. The summed E-state index contributed by atoms with van der Waals surface area (Å²) in [6, 6.07) is 14.6. The van der Waals surface area contributed by atoms with Crippen molar-refractivity contribution in [1.82, 2.24) is 9.80 Å². The number of carbonyl (C=O) groups is 3. The highest BCUT2D eigenvalue weighted by Gasteiger charge is 2.29. The number of hydrogen-bond donors (Lipinski definition) is 0. The van der Waals surface area contributed by atoms with E-state index in [9.17, 15) is 14.4 Å². The van der Waals surface area contributed by atoms with Crippen LogP contribution in [-0.4, -0.2) is 66.8 Å². The second kappa shape index (κ2) is 12.9. The minimum atomic E-state index is -0.0354. The van der Waals surface area contributed by atoms with Crippen LogP contribution in [0.1, 0.15) is 66.7 Å². The van der Waals surface area contributed by atoms with Crippen molar-refractivity contribution in [2.75, 3.05) is 33.4 Å². The zero-order chi connectivity index (χ0) is 25.2. The summed E-state index contributed by atoms with van der Waals surface area (Å²) in [6.45, 7) is 6.00. The van der Waals surface area contributed by atoms with Crippen LogP contribution in [0.3, 0.4) is 0 Å². The fourth-order valence-corrected chi connectivity index (χ4v) is 4.45. The Kier molecular flexibility index (Phi) is 9.70. The third-order valence-corrected chi connectivity index (χ3v) is 6.36. The van der Waals surface area contributed by atoms with Crippen molar-refractivity contribution in [2.45, 2.75) is 52.0 Å². The van der Waals surface area contributed by atoms with Gasteiger partial charge in [0.05, 0.1) is 13.7 Å². The number of methoxy groups -OCH3 is 1. The summed E-state index contributed by atoms with van der Waals surface area (Å²) in [5.41, 5.74) is 1.27. The summed E-state index contributed by atoms with van der Waals surface area (Å²) >= 11 is 0. The molecule has 2 amide bonds. The number of benzene rings is 2. The average Bonchev–Trinajstić information content (AvgIpc) is 2.89. The maximum absolute atomic E-state index is 13.1. The molecule has 1 aliphatic heterocycles. The number of hydrogen-bond acceptors (Lipinski definition) is 5. The molecule has 0 unspecified atom stereocenters. The van der Waals surface area contributed by atoms with Gasteiger partial charge in [-0.1, -0.05) is 25.1 Å². The predicted octanol–water partition coefficient (Wildman–Crippen LogP) is 4.60. The molecule has 7 nitrogen and oxygen atoms in total. The Hall–Kier alpha value is -3.35. The van der Waals surface area contributed by atoms with E-state index >= 15 is 0 Å². The Labute approximate surface area is 208 Å². The van der Waals surface area contributed by atoms with Crippen molar-refractivity contribution in [2.24, 2.45) is 0 Å². The summed E-state index contributed by atoms with van der Waals surface area (Å²) in [7, 11) is 1.54. The molecule has 0 aliphatic carbocycles. The summed E-state index contributed by atoms with van der Waals surface area (Å²) in [5, 5.41) is 0. The van der Waals surface area contributed by atoms with E-state index in [-0.39, 0.29) is 23.6 Å². The lowest BCUT2D eigenvalue weighted by Gasteiger charge is -2.38. The second-order valence-corrected chi connectivity index (χ2v) is 8.85. The van der Waals surface area contributed by atoms with Crippen LogP contribution in [0.2, 0.25) is 0 Å². The molecule has 0 radical (unpaired) electrons. The molecule has 35 heavy (non-hydrogen) atoms. The molecule has 0 aromatic heterocycles. The quantitative estimate of drug-likeness (QED) is 0.347. The van der Waals surface area contributed by atoms with Crippen LogP contribution in [0.25, 0.3) is 0 Å². The Bertz CT molecular complexity index is 1000. The number of piperidine rings is 1. The van der Waals surface area contributed by atoms with Crippen LogP contribution < -0.4 is 9.47 Å². The predicted molar refractivity (Wildman–Crippen MR) is 135 cm³/mol. The summed E-state index contributed by atoms with van der Waals surface area (Å²) in [4.78, 5) is 41.2. The van der Waals surface area contributed by atoms with E-state index in [1.807, 2.05) is 40.1 Å². The SMILES string of the molecule is CCCN(C(=O)CCCOc1ccc(C(C)=O)cc1OC)C1CCN(C(=O)c2ccccc2)CC1. The molecule has 3 rings (SSSR count). The van der Waals surface area contributed by atoms with E-state index in [4.69, 9.17) is 9.47 Å². The molecule has 2 aromatic rings. The molecule has 188 valence electrons. The van der Waals surface area contributed by atoms with E-state index in [2.05, 4.69) is 6.92 Å². The zero-order valence-corrected chi connectivity index (χ0v) is 21.0. The van der Waals surface area contributed by atoms with Crippen molar-refractivity contribution in [1.29, 1.82) is 0 Å². The summed E-state index contributed by atoms with van der Waals surface area (Å²) in [5.74, 6) is 1.22. The van der Waals surface area contributed by atoms with Gasteiger partial charge in [-0.15, -0.1) is 0 Å². The van der Waals surface area contributed by atoms with Crippen LogP contribution in [-0.2, 0) is 4.79 Å². The third kappa shape index (κ3) is 7.07. The molecule has 0 atom stereocenters. The van der Waals surface area contributed by atoms with Gasteiger partial charge < -0.3 is 19.3 Å². The van der Waals surface area contributed by atoms with Gasteiger partial charge in [0.1, 0.15) is 0 Å². The minimum Gasteiger partial charge on any atom is -0.493 e. The second-order valence-electron chi connectivity index (χ2n) is 8.85. The van der Waals surface area contributed by atoms with Gasteiger partial charge in [-0.05, 0) is 62.9 Å². The molecule has 2 aromatic carbocycles. The fourth-order valence-electron chi connectivity index (χ4n) is 4.45. The normalized spacial score (nSPS) is 13.9. The van der Waals surface area contributed by atoms with Gasteiger partial charge in [0.25, 0.3) is 5.91 Å². The number of Topliss-reactive ketones (excluding diaryl/α,β-unsaturated/α-hetero) is 1. The average molecular weight is 481 g/mol. The number of carbonyl (C=O) groups excluding carboxylic acids is 3. The Morgan fingerprint density at radius 2 is 1.71 bits per heavy atom. The lowest BCUT2D eigenvalue weighted by atomic mass is 10.0. The molecule has 1 heterocycles. The van der Waals surface area contributed by atoms with Gasteiger partial charge in [0, 0.05) is 43.2 Å². The van der Waals surface area contributed by atoms with Crippen molar-refractivity contribution in [3.05, 3.63) is 59.7 Å². The highest BCUT2D eigenvalue weighted by Crippen LogP contribution is 2.28. The third-order valence-electron chi connectivity index (χ3n) is 6.36. The van der Waals surface area contributed by atoms with E-state index < -0.39 is 0 Å². The fraction of sp³-hybridized carbons (Fsp3) is 0.464. The molecule has 1 fully saturated rings. The first-order valence-corrected chi connectivity index (χ1v) is 12.4. The Morgan fingerprint density at radius 3 is 2.34 bits per heavy atom. The topological polar surface area (TPSA) is 76.2 Å². The summed E-state index contributed by atoms with van der Waals surface area (Å²) in [6.07, 6.45) is 3.46. The largest absolute Gasteiger partial charge is 0.493 e. The van der Waals surface area contributed by atoms with E-state index in [1.54, 1.807) is 18.2 Å². The molecule has 0 saturated carbocycles. The smallest absolute Gasteiger partial charge is 0.253 e. The van der Waals surface area contributed by atoms with Crippen molar-refractivity contribution in [3.63, 3.8) is 0 Å². The number of nitrogens with zero attached hydrogens (tertiary/aromatic N) is 2. The standard InChI is InChI=1S/C28H36N2O5/c1-4-16-30(24-14-17-29(18-15-24)28(33)22-9-6-5-7-10-22)27(32)11-8-19-35-25-13-12-23(21(2)31)20-26(25)34-3/h5-7,9-10,12-13,20,24H,4,8,11,14-19H2,1-3H3. The molecule has 0 N–H and O–H groups in total. The van der Waals surface area contributed by atoms with Crippen molar-refractivity contribution < 1.29 is 23.9 Å². The Balaban J connectivity index is 1.48. The molecule has 7 heteroatoms. The van der Waals surface area contributed by atoms with E-state index in [1.165, 1.54) is 14.0 Å². The highest BCUT2D eigenvalue weighted by molar-refractivity contribution is 5.95. The molecule has 1 aliphatic rings. The monoisotopic (exact) mass is 480 g/mol. The first kappa shape index (κ1) is 26.3. The minimum absolute atomic E-state index is 0.0354. The van der Waals surface area contributed by atoms with Crippen LogP contribution in [0.15, 0.2) is 48.5 Å². The Morgan fingerprint density at radius 1 is 1.00 bits per heavy atom. The van der Waals surface area contributed by atoms with Crippen LogP contribution in [0.5, 0.6) is 11.5 Å². The molecular formula is C28H36N2O5. The van der Waals surface area contributed by atoms with Gasteiger partial charge in [0.2, 0.25) is 5.91 Å². The molecule has 0 bridgehead atoms. The lowest BCUT2D eigenvalue weighted by Crippen LogP contribution is -2.49. The number of ether oxygens (including phenoxy) is 2. The van der Waals surface area contributed by atoms with Gasteiger partial charge in [0.15, 0.2) is 17.3 Å².